The molecule has 0 aliphatic carbocycles. The second-order valence-electron chi connectivity index (χ2n) is 5.02. The number of rotatable bonds is 1. The van der Waals surface area contributed by atoms with Crippen molar-refractivity contribution in [3.8, 4) is 11.1 Å². The molecule has 0 atom stereocenters. The van der Waals surface area contributed by atoms with Crippen LogP contribution in [0.4, 0.5) is 5.82 Å². The number of aryl methyl sites for hydroxylation is 2. The molecule has 0 unspecified atom stereocenters. The second kappa shape index (κ2) is 9.30. The Morgan fingerprint density at radius 1 is 1.00 bits per heavy atom. The zero-order valence-corrected chi connectivity index (χ0v) is 14.7. The summed E-state index contributed by atoms with van der Waals surface area (Å²) in [4.78, 5) is 13.1. The lowest BCUT2D eigenvalue weighted by Gasteiger charge is -2.12. The molecular formula is C20H25N3O. The maximum absolute atomic E-state index is 8.58. The molecule has 0 radical (unpaired) electrons. The van der Waals surface area contributed by atoms with Crippen molar-refractivity contribution in [3.63, 3.8) is 0 Å². The number of fused-ring (bicyclic) bond motifs is 1. The SMILES string of the molecule is CC.Cc1ccc2nc(N)c(-c3ccccc3)c(C)c2c1.NC=O. The smallest absolute Gasteiger partial charge is 0.204 e. The second-order valence-corrected chi connectivity index (χ2v) is 5.02. The van der Waals surface area contributed by atoms with Crippen LogP contribution >= 0.6 is 0 Å². The molecule has 0 spiro atoms. The molecule has 0 aliphatic rings. The summed E-state index contributed by atoms with van der Waals surface area (Å²) >= 11 is 0. The van der Waals surface area contributed by atoms with Crippen LogP contribution in [0.2, 0.25) is 0 Å². The highest BCUT2D eigenvalue weighted by Gasteiger charge is 2.11. The van der Waals surface area contributed by atoms with E-state index in [0.29, 0.717) is 5.82 Å². The van der Waals surface area contributed by atoms with Crippen LogP contribution in [-0.2, 0) is 4.79 Å². The summed E-state index contributed by atoms with van der Waals surface area (Å²) in [6, 6.07) is 16.5. The fraction of sp³-hybridized carbons (Fsp3) is 0.200. The monoisotopic (exact) mass is 323 g/mol. The minimum atomic E-state index is 0.250. The number of anilines is 1. The van der Waals surface area contributed by atoms with E-state index in [0.717, 1.165) is 16.6 Å². The molecular weight excluding hydrogens is 298 g/mol. The van der Waals surface area contributed by atoms with Gasteiger partial charge in [0.2, 0.25) is 6.41 Å². The van der Waals surface area contributed by atoms with Crippen molar-refractivity contribution >= 4 is 23.1 Å². The van der Waals surface area contributed by atoms with Gasteiger partial charge < -0.3 is 11.5 Å². The Morgan fingerprint density at radius 2 is 1.58 bits per heavy atom. The lowest BCUT2D eigenvalue weighted by molar-refractivity contribution is -0.106. The van der Waals surface area contributed by atoms with Crippen LogP contribution in [0.25, 0.3) is 22.0 Å². The number of primary amides is 1. The Bertz CT molecular complexity index is 799. The highest BCUT2D eigenvalue weighted by Crippen LogP contribution is 2.33. The van der Waals surface area contributed by atoms with Crippen molar-refractivity contribution in [2.24, 2.45) is 5.73 Å². The Kier molecular flexibility index (Phi) is 7.43. The number of pyridine rings is 1. The molecule has 1 heterocycles. The standard InChI is InChI=1S/C17H16N2.C2H6.CH3NO/c1-11-8-9-15-14(10-11)12(2)16(17(18)19-15)13-6-4-3-5-7-13;1-2;2-1-3/h3-10H,1-2H3,(H2,18,19);1-2H3;1H,(H2,2,3). The van der Waals surface area contributed by atoms with E-state index < -0.39 is 0 Å². The summed E-state index contributed by atoms with van der Waals surface area (Å²) in [5.74, 6) is 0.597. The summed E-state index contributed by atoms with van der Waals surface area (Å²) in [6.45, 7) is 8.21. The Morgan fingerprint density at radius 3 is 2.17 bits per heavy atom. The molecule has 1 aromatic heterocycles. The predicted octanol–water partition coefficient (Wildman–Crippen LogP) is 4.23. The third-order valence-corrected chi connectivity index (χ3v) is 3.49. The van der Waals surface area contributed by atoms with Gasteiger partial charge in [-0.1, -0.05) is 55.8 Å². The Balaban J connectivity index is 0.000000521. The summed E-state index contributed by atoms with van der Waals surface area (Å²) in [7, 11) is 0. The number of benzene rings is 2. The maximum Gasteiger partial charge on any atom is 0.204 e. The van der Waals surface area contributed by atoms with Crippen molar-refractivity contribution in [2.45, 2.75) is 27.7 Å². The van der Waals surface area contributed by atoms with Crippen molar-refractivity contribution in [1.29, 1.82) is 0 Å². The van der Waals surface area contributed by atoms with Gasteiger partial charge in [0.1, 0.15) is 5.82 Å². The zero-order valence-electron chi connectivity index (χ0n) is 14.7. The summed E-state index contributed by atoms with van der Waals surface area (Å²) in [5, 5.41) is 1.17. The first-order valence-corrected chi connectivity index (χ1v) is 7.95. The number of nitrogens with zero attached hydrogens (tertiary/aromatic N) is 1. The average molecular weight is 323 g/mol. The molecule has 0 aliphatic heterocycles. The van der Waals surface area contributed by atoms with Gasteiger partial charge in [-0.2, -0.15) is 0 Å². The van der Waals surface area contributed by atoms with Gasteiger partial charge >= 0.3 is 0 Å². The van der Waals surface area contributed by atoms with Gasteiger partial charge in [0.15, 0.2) is 0 Å². The Labute approximate surface area is 143 Å². The third kappa shape index (κ3) is 4.32. The minimum absolute atomic E-state index is 0.250. The lowest BCUT2D eigenvalue weighted by Crippen LogP contribution is -1.98. The van der Waals surface area contributed by atoms with E-state index in [1.54, 1.807) is 0 Å². The molecule has 0 fully saturated rings. The van der Waals surface area contributed by atoms with E-state index in [1.807, 2.05) is 38.1 Å². The summed E-state index contributed by atoms with van der Waals surface area (Å²) in [6.07, 6.45) is 0.250. The normalized spacial score (nSPS) is 9.33. The van der Waals surface area contributed by atoms with E-state index in [2.05, 4.69) is 48.8 Å². The van der Waals surface area contributed by atoms with Crippen LogP contribution in [0.1, 0.15) is 25.0 Å². The van der Waals surface area contributed by atoms with Gasteiger partial charge in [-0.25, -0.2) is 4.98 Å². The Hall–Kier alpha value is -2.88. The number of nitrogen functional groups attached to an aromatic ring is 1. The number of hydrogen-bond acceptors (Lipinski definition) is 3. The van der Waals surface area contributed by atoms with Crippen molar-refractivity contribution in [1.82, 2.24) is 4.98 Å². The fourth-order valence-electron chi connectivity index (χ4n) is 2.53. The van der Waals surface area contributed by atoms with Gasteiger partial charge in [-0.3, -0.25) is 4.79 Å². The lowest BCUT2D eigenvalue weighted by atomic mass is 9.97. The fourth-order valence-corrected chi connectivity index (χ4v) is 2.53. The molecule has 4 heteroatoms. The number of aromatic nitrogens is 1. The highest BCUT2D eigenvalue weighted by molar-refractivity contribution is 5.93. The van der Waals surface area contributed by atoms with Crippen molar-refractivity contribution in [2.75, 3.05) is 5.73 Å². The minimum Gasteiger partial charge on any atom is -0.383 e. The molecule has 126 valence electrons. The molecule has 4 nitrogen and oxygen atoms in total. The molecule has 24 heavy (non-hydrogen) atoms. The molecule has 0 saturated heterocycles. The highest BCUT2D eigenvalue weighted by atomic mass is 16.1. The van der Waals surface area contributed by atoms with Crippen LogP contribution in [0.3, 0.4) is 0 Å². The topological polar surface area (TPSA) is 82.0 Å². The van der Waals surface area contributed by atoms with E-state index in [4.69, 9.17) is 10.5 Å². The van der Waals surface area contributed by atoms with Crippen LogP contribution in [0.5, 0.6) is 0 Å². The number of hydrogen-bond donors (Lipinski definition) is 2. The maximum atomic E-state index is 8.58. The first kappa shape index (κ1) is 19.2. The predicted molar refractivity (Wildman–Crippen MR) is 103 cm³/mol. The first-order valence-electron chi connectivity index (χ1n) is 7.95. The number of amides is 1. The molecule has 0 bridgehead atoms. The van der Waals surface area contributed by atoms with Gasteiger partial charge in [0.05, 0.1) is 5.52 Å². The molecule has 3 aromatic rings. The molecule has 0 saturated carbocycles. The number of carbonyl (C=O) groups is 1. The van der Waals surface area contributed by atoms with E-state index in [1.165, 1.54) is 16.5 Å². The van der Waals surface area contributed by atoms with Crippen molar-refractivity contribution in [3.05, 3.63) is 59.7 Å². The molecule has 2 aromatic carbocycles. The molecule has 4 N–H and O–H groups in total. The van der Waals surface area contributed by atoms with Gasteiger partial charge in [-0.05, 0) is 37.1 Å². The number of nitrogens with two attached hydrogens (primary N) is 2. The van der Waals surface area contributed by atoms with Gasteiger partial charge in [-0.15, -0.1) is 0 Å². The summed E-state index contributed by atoms with van der Waals surface area (Å²) in [5.41, 5.74) is 15.9. The van der Waals surface area contributed by atoms with Crippen molar-refractivity contribution < 1.29 is 4.79 Å². The molecule has 3 rings (SSSR count). The zero-order chi connectivity index (χ0) is 18.1. The largest absolute Gasteiger partial charge is 0.383 e. The summed E-state index contributed by atoms with van der Waals surface area (Å²) < 4.78 is 0. The van der Waals surface area contributed by atoms with E-state index in [9.17, 15) is 0 Å². The van der Waals surface area contributed by atoms with Crippen LogP contribution in [0, 0.1) is 13.8 Å². The first-order chi connectivity index (χ1) is 11.6. The van der Waals surface area contributed by atoms with E-state index in [-0.39, 0.29) is 6.41 Å². The quantitative estimate of drug-likeness (QED) is 0.657. The third-order valence-electron chi connectivity index (χ3n) is 3.49. The van der Waals surface area contributed by atoms with Crippen LogP contribution in [0.15, 0.2) is 48.5 Å². The number of carbonyl (C=O) groups excluding carboxylic acids is 1. The van der Waals surface area contributed by atoms with E-state index >= 15 is 0 Å². The van der Waals surface area contributed by atoms with Crippen LogP contribution in [-0.4, -0.2) is 11.4 Å². The molecule has 1 amide bonds. The van der Waals surface area contributed by atoms with Crippen LogP contribution < -0.4 is 11.5 Å². The average Bonchev–Trinajstić information content (AvgIpc) is 2.59. The van der Waals surface area contributed by atoms with Gasteiger partial charge in [0, 0.05) is 10.9 Å². The van der Waals surface area contributed by atoms with Gasteiger partial charge in [0.25, 0.3) is 0 Å².